The number of alkyl halides is 6. The van der Waals surface area contributed by atoms with Crippen LogP contribution in [0.25, 0.3) is 0 Å². The number of halogens is 6. The van der Waals surface area contributed by atoms with E-state index in [0.29, 0.717) is 12.1 Å². The van der Waals surface area contributed by atoms with Crippen LogP contribution in [0.15, 0.2) is 36.4 Å². The van der Waals surface area contributed by atoms with Crippen LogP contribution < -0.4 is 5.32 Å². The number of aliphatic hydroxyl groups excluding tert-OH is 1. The second-order valence-electron chi connectivity index (χ2n) is 5.41. The summed E-state index contributed by atoms with van der Waals surface area (Å²) in [7, 11) is 0. The highest BCUT2D eigenvalue weighted by Crippen LogP contribution is 2.32. The number of hydrogen-bond donors (Lipinski definition) is 3. The maximum Gasteiger partial charge on any atom is 0.420 e. The molecule has 28 heavy (non-hydrogen) atoms. The van der Waals surface area contributed by atoms with Crippen molar-refractivity contribution >= 4 is 17.7 Å². The molecule has 0 aliphatic rings. The summed E-state index contributed by atoms with van der Waals surface area (Å²) in [6.45, 7) is 0. The number of nitrogens with zero attached hydrogens (tertiary/aromatic N) is 1. The standard InChI is InChI=1S/C16H10F6N2O4/c17-15(18,19)7-4-5-8(9(6-7)14(27)28)13(26)24-11-3-1-2-10(23-11)12(25)16(20,21)22/h1-6,12,25H,(H,27,28)(H,23,24,26)/t12-/m0/s1. The lowest BCUT2D eigenvalue weighted by Gasteiger charge is -2.15. The van der Waals surface area contributed by atoms with E-state index in [4.69, 9.17) is 5.11 Å². The molecule has 3 N–H and O–H groups in total. The predicted molar refractivity (Wildman–Crippen MR) is 81.6 cm³/mol. The Balaban J connectivity index is 2.34. The summed E-state index contributed by atoms with van der Waals surface area (Å²) in [5.74, 6) is -3.50. The number of pyridine rings is 1. The van der Waals surface area contributed by atoms with Gasteiger partial charge in [-0.05, 0) is 30.3 Å². The molecule has 0 spiro atoms. The fourth-order valence-electron chi connectivity index (χ4n) is 2.12. The van der Waals surface area contributed by atoms with E-state index in [1.54, 1.807) is 0 Å². The zero-order chi connectivity index (χ0) is 21.3. The largest absolute Gasteiger partial charge is 0.478 e. The summed E-state index contributed by atoms with van der Waals surface area (Å²) < 4.78 is 75.7. The van der Waals surface area contributed by atoms with Gasteiger partial charge in [0, 0.05) is 0 Å². The van der Waals surface area contributed by atoms with Gasteiger partial charge in [-0.15, -0.1) is 0 Å². The SMILES string of the molecule is O=C(O)c1cc(C(F)(F)F)ccc1C(=O)Nc1cccc([C@H](O)C(F)(F)F)n1. The number of aliphatic hydroxyl groups is 1. The Morgan fingerprint density at radius 3 is 2.18 bits per heavy atom. The van der Waals surface area contributed by atoms with Crippen LogP contribution in [-0.2, 0) is 6.18 Å². The Kier molecular flexibility index (Phi) is 5.64. The molecule has 1 amide bonds. The number of aromatic carboxylic acids is 1. The number of anilines is 1. The fourth-order valence-corrected chi connectivity index (χ4v) is 2.12. The van der Waals surface area contributed by atoms with Gasteiger partial charge in [0.15, 0.2) is 6.10 Å². The van der Waals surface area contributed by atoms with Gasteiger partial charge < -0.3 is 15.5 Å². The van der Waals surface area contributed by atoms with E-state index in [1.807, 2.05) is 5.32 Å². The van der Waals surface area contributed by atoms with E-state index in [0.717, 1.165) is 18.2 Å². The quantitative estimate of drug-likeness (QED) is 0.671. The first-order chi connectivity index (χ1) is 12.8. The van der Waals surface area contributed by atoms with Gasteiger partial charge in [-0.1, -0.05) is 6.07 Å². The molecule has 1 aromatic carbocycles. The lowest BCUT2D eigenvalue weighted by Crippen LogP contribution is -2.22. The Labute approximate surface area is 152 Å². The summed E-state index contributed by atoms with van der Waals surface area (Å²) in [5, 5.41) is 20.2. The van der Waals surface area contributed by atoms with Crippen LogP contribution in [-0.4, -0.2) is 33.2 Å². The van der Waals surface area contributed by atoms with E-state index >= 15 is 0 Å². The number of carboxylic acids is 1. The molecule has 12 heteroatoms. The number of hydrogen-bond acceptors (Lipinski definition) is 4. The number of aromatic nitrogens is 1. The first-order valence-corrected chi connectivity index (χ1v) is 7.28. The summed E-state index contributed by atoms with van der Waals surface area (Å²) in [4.78, 5) is 26.8. The van der Waals surface area contributed by atoms with E-state index in [9.17, 15) is 41.0 Å². The number of rotatable bonds is 4. The van der Waals surface area contributed by atoms with E-state index < -0.39 is 58.5 Å². The van der Waals surface area contributed by atoms with Gasteiger partial charge in [0.05, 0.1) is 22.4 Å². The van der Waals surface area contributed by atoms with Crippen LogP contribution in [0, 0.1) is 0 Å². The molecule has 0 fully saturated rings. The third-order valence-electron chi connectivity index (χ3n) is 3.42. The minimum Gasteiger partial charge on any atom is -0.478 e. The monoisotopic (exact) mass is 408 g/mol. The fraction of sp³-hybridized carbons (Fsp3) is 0.188. The average Bonchev–Trinajstić information content (AvgIpc) is 2.59. The van der Waals surface area contributed by atoms with Crippen molar-refractivity contribution in [2.75, 3.05) is 5.32 Å². The summed E-state index contributed by atoms with van der Waals surface area (Å²) in [6.07, 6.45) is -12.8. The zero-order valence-electron chi connectivity index (χ0n) is 13.5. The van der Waals surface area contributed by atoms with Crippen LogP contribution in [0.1, 0.15) is 38.1 Å². The second kappa shape index (κ2) is 7.46. The van der Waals surface area contributed by atoms with Gasteiger partial charge in [-0.3, -0.25) is 4.79 Å². The van der Waals surface area contributed by atoms with Crippen molar-refractivity contribution in [1.29, 1.82) is 0 Å². The number of carbonyl (C=O) groups is 2. The maximum atomic E-state index is 12.7. The molecule has 1 heterocycles. The smallest absolute Gasteiger partial charge is 0.420 e. The average molecular weight is 408 g/mol. The molecule has 0 unspecified atom stereocenters. The van der Waals surface area contributed by atoms with Crippen molar-refractivity contribution < 1.29 is 46.1 Å². The van der Waals surface area contributed by atoms with Gasteiger partial charge in [0.25, 0.3) is 5.91 Å². The highest BCUT2D eigenvalue weighted by atomic mass is 19.4. The molecule has 150 valence electrons. The number of carbonyl (C=O) groups excluding carboxylic acids is 1. The number of amides is 1. The van der Waals surface area contributed by atoms with Crippen molar-refractivity contribution in [2.45, 2.75) is 18.5 Å². The molecule has 2 aromatic rings. The molecular weight excluding hydrogens is 398 g/mol. The van der Waals surface area contributed by atoms with E-state index in [-0.39, 0.29) is 6.07 Å². The second-order valence-corrected chi connectivity index (χ2v) is 5.41. The summed E-state index contributed by atoms with van der Waals surface area (Å²) >= 11 is 0. The third kappa shape index (κ3) is 4.76. The van der Waals surface area contributed by atoms with Crippen LogP contribution >= 0.6 is 0 Å². The minimum atomic E-state index is -5.01. The van der Waals surface area contributed by atoms with Crippen LogP contribution in [0.3, 0.4) is 0 Å². The van der Waals surface area contributed by atoms with Gasteiger partial charge in [0.1, 0.15) is 5.82 Å². The first-order valence-electron chi connectivity index (χ1n) is 7.28. The topological polar surface area (TPSA) is 99.5 Å². The maximum absolute atomic E-state index is 12.7. The number of benzene rings is 1. The molecule has 1 atom stereocenters. The lowest BCUT2D eigenvalue weighted by atomic mass is 10.0. The molecule has 0 bridgehead atoms. The van der Waals surface area contributed by atoms with Gasteiger partial charge >= 0.3 is 18.3 Å². The van der Waals surface area contributed by atoms with Crippen molar-refractivity contribution in [1.82, 2.24) is 4.98 Å². The predicted octanol–water partition coefficient (Wildman–Crippen LogP) is 3.65. The van der Waals surface area contributed by atoms with E-state index in [1.165, 1.54) is 0 Å². The van der Waals surface area contributed by atoms with Crippen LogP contribution in [0.5, 0.6) is 0 Å². The molecule has 0 saturated carbocycles. The summed E-state index contributed by atoms with van der Waals surface area (Å²) in [6, 6.07) is 4.30. The molecule has 0 aliphatic carbocycles. The van der Waals surface area contributed by atoms with Crippen LogP contribution in [0.2, 0.25) is 0 Å². The Hall–Kier alpha value is -3.15. The first kappa shape index (κ1) is 21.2. The zero-order valence-corrected chi connectivity index (χ0v) is 13.5. The van der Waals surface area contributed by atoms with Gasteiger partial charge in [0.2, 0.25) is 0 Å². The molecule has 0 aliphatic heterocycles. The molecular formula is C16H10F6N2O4. The molecule has 0 saturated heterocycles. The molecule has 6 nitrogen and oxygen atoms in total. The number of carboxylic acid groups (broad SMARTS) is 1. The molecule has 2 rings (SSSR count). The van der Waals surface area contributed by atoms with Crippen molar-refractivity contribution in [2.24, 2.45) is 0 Å². The van der Waals surface area contributed by atoms with Crippen molar-refractivity contribution in [3.8, 4) is 0 Å². The van der Waals surface area contributed by atoms with E-state index in [2.05, 4.69) is 4.98 Å². The Morgan fingerprint density at radius 1 is 1.00 bits per heavy atom. The highest BCUT2D eigenvalue weighted by Gasteiger charge is 2.40. The van der Waals surface area contributed by atoms with Crippen molar-refractivity contribution in [3.63, 3.8) is 0 Å². The Morgan fingerprint density at radius 2 is 1.64 bits per heavy atom. The van der Waals surface area contributed by atoms with Gasteiger partial charge in [-0.25, -0.2) is 9.78 Å². The molecule has 0 radical (unpaired) electrons. The van der Waals surface area contributed by atoms with Gasteiger partial charge in [-0.2, -0.15) is 26.3 Å². The lowest BCUT2D eigenvalue weighted by molar-refractivity contribution is -0.207. The normalized spacial score (nSPS) is 13.1. The Bertz CT molecular complexity index is 911. The van der Waals surface area contributed by atoms with Crippen LogP contribution in [0.4, 0.5) is 32.2 Å². The summed E-state index contributed by atoms with van der Waals surface area (Å²) in [5.41, 5.74) is -3.76. The van der Waals surface area contributed by atoms with Crippen molar-refractivity contribution in [3.05, 3.63) is 58.8 Å². The molecule has 1 aromatic heterocycles. The third-order valence-corrected chi connectivity index (χ3v) is 3.42. The highest BCUT2D eigenvalue weighted by molar-refractivity contribution is 6.10. The number of nitrogens with one attached hydrogen (secondary N) is 1. The minimum absolute atomic E-state index is 0.258.